The van der Waals surface area contributed by atoms with Gasteiger partial charge in [-0.25, -0.2) is 0 Å². The van der Waals surface area contributed by atoms with Crippen LogP contribution in [0.1, 0.15) is 22.8 Å². The van der Waals surface area contributed by atoms with Crippen molar-refractivity contribution in [1.29, 1.82) is 5.26 Å². The number of carbonyl (C=O) groups is 1. The van der Waals surface area contributed by atoms with Crippen LogP contribution in [0.5, 0.6) is 5.75 Å². The van der Waals surface area contributed by atoms with E-state index in [4.69, 9.17) is 21.6 Å². The molecule has 20 heavy (non-hydrogen) atoms. The smallest absolute Gasteiger partial charge is 0.202 e. The third-order valence-electron chi connectivity index (χ3n) is 2.80. The fourth-order valence-corrected chi connectivity index (χ4v) is 1.97. The van der Waals surface area contributed by atoms with Crippen molar-refractivity contribution in [2.24, 2.45) is 0 Å². The quantitative estimate of drug-likeness (QED) is 0.802. The molecule has 2 rings (SSSR count). The second-order valence-corrected chi connectivity index (χ2v) is 4.65. The average molecular weight is 286 g/mol. The van der Waals surface area contributed by atoms with Crippen LogP contribution < -0.4 is 4.74 Å². The summed E-state index contributed by atoms with van der Waals surface area (Å²) in [4.78, 5) is 12.1. The predicted octanol–water partition coefficient (Wildman–Crippen LogP) is 3.86. The highest BCUT2D eigenvalue weighted by molar-refractivity contribution is 6.31. The summed E-state index contributed by atoms with van der Waals surface area (Å²) >= 11 is 5.92. The third-order valence-corrected chi connectivity index (χ3v) is 3.11. The molecule has 0 heterocycles. The lowest BCUT2D eigenvalue weighted by atomic mass is 10.1. The van der Waals surface area contributed by atoms with E-state index >= 15 is 0 Å². The average Bonchev–Trinajstić information content (AvgIpc) is 2.47. The second kappa shape index (κ2) is 6.23. The Bertz CT molecular complexity index is 662. The molecule has 1 unspecified atom stereocenters. The first-order valence-electron chi connectivity index (χ1n) is 6.07. The van der Waals surface area contributed by atoms with Crippen LogP contribution in [0.2, 0.25) is 5.02 Å². The minimum atomic E-state index is -0.624. The summed E-state index contributed by atoms with van der Waals surface area (Å²) in [5.74, 6) is 0.358. The Morgan fingerprint density at radius 3 is 2.55 bits per heavy atom. The molecule has 0 spiro atoms. The van der Waals surface area contributed by atoms with E-state index in [0.29, 0.717) is 21.9 Å². The second-order valence-electron chi connectivity index (χ2n) is 4.24. The van der Waals surface area contributed by atoms with E-state index in [-0.39, 0.29) is 5.78 Å². The lowest BCUT2D eigenvalue weighted by Gasteiger charge is -2.14. The van der Waals surface area contributed by atoms with Crippen molar-refractivity contribution < 1.29 is 9.53 Å². The molecule has 1 atom stereocenters. The number of carbonyl (C=O) groups excluding carboxylic acids is 1. The lowest BCUT2D eigenvalue weighted by molar-refractivity contribution is 0.0818. The van der Waals surface area contributed by atoms with E-state index in [1.54, 1.807) is 43.3 Å². The first-order chi connectivity index (χ1) is 9.61. The number of hydrogen-bond acceptors (Lipinski definition) is 3. The fraction of sp³-hybridized carbons (Fsp3) is 0.125. The van der Waals surface area contributed by atoms with Gasteiger partial charge in [0.05, 0.1) is 10.6 Å². The van der Waals surface area contributed by atoms with Crippen molar-refractivity contribution >= 4 is 17.4 Å². The fourth-order valence-electron chi connectivity index (χ4n) is 1.75. The van der Waals surface area contributed by atoms with Crippen LogP contribution in [0.15, 0.2) is 48.5 Å². The van der Waals surface area contributed by atoms with E-state index in [1.165, 1.54) is 6.07 Å². The topological polar surface area (TPSA) is 50.1 Å². The van der Waals surface area contributed by atoms with Gasteiger partial charge in [-0.15, -0.1) is 0 Å². The molecular formula is C16H12ClNO2. The van der Waals surface area contributed by atoms with Gasteiger partial charge in [0.25, 0.3) is 0 Å². The lowest BCUT2D eigenvalue weighted by Crippen LogP contribution is -2.23. The van der Waals surface area contributed by atoms with E-state index in [2.05, 4.69) is 0 Å². The first kappa shape index (κ1) is 14.1. The summed E-state index contributed by atoms with van der Waals surface area (Å²) < 4.78 is 5.57. The van der Waals surface area contributed by atoms with Gasteiger partial charge < -0.3 is 4.74 Å². The van der Waals surface area contributed by atoms with Crippen molar-refractivity contribution in [1.82, 2.24) is 0 Å². The number of nitrogens with zero attached hydrogens (tertiary/aromatic N) is 1. The Balaban J connectivity index is 2.12. The minimum Gasteiger partial charge on any atom is -0.483 e. The zero-order chi connectivity index (χ0) is 14.5. The number of ketones is 1. The molecule has 2 aromatic rings. The summed E-state index contributed by atoms with van der Waals surface area (Å²) in [5.41, 5.74) is 0.973. The Kier molecular flexibility index (Phi) is 4.39. The molecule has 0 radical (unpaired) electrons. The number of ether oxygens (including phenoxy) is 1. The van der Waals surface area contributed by atoms with Gasteiger partial charge in [-0.3, -0.25) is 4.79 Å². The molecule has 4 heteroatoms. The SMILES string of the molecule is CC(Oc1ccc(C#N)c(Cl)c1)C(=O)c1ccccc1. The number of Topliss-reactive ketones (excluding diaryl/α,β-unsaturated/α-hetero) is 1. The molecule has 0 aliphatic carbocycles. The highest BCUT2D eigenvalue weighted by Crippen LogP contribution is 2.23. The predicted molar refractivity (Wildman–Crippen MR) is 77.0 cm³/mol. The van der Waals surface area contributed by atoms with Crippen molar-refractivity contribution in [2.75, 3.05) is 0 Å². The summed E-state index contributed by atoms with van der Waals surface area (Å²) in [7, 11) is 0. The van der Waals surface area contributed by atoms with Gasteiger partial charge in [0.15, 0.2) is 6.10 Å². The molecule has 0 fully saturated rings. The molecule has 3 nitrogen and oxygen atoms in total. The zero-order valence-corrected chi connectivity index (χ0v) is 11.6. The number of rotatable bonds is 4. The van der Waals surface area contributed by atoms with Gasteiger partial charge in [0.1, 0.15) is 11.8 Å². The summed E-state index contributed by atoms with van der Waals surface area (Å²) in [6.07, 6.45) is -0.624. The molecule has 0 saturated carbocycles. The molecular weight excluding hydrogens is 274 g/mol. The van der Waals surface area contributed by atoms with Crippen molar-refractivity contribution in [3.63, 3.8) is 0 Å². The Morgan fingerprint density at radius 1 is 1.25 bits per heavy atom. The van der Waals surface area contributed by atoms with Crippen LogP contribution in [0.3, 0.4) is 0 Å². The molecule has 0 aliphatic heterocycles. The van der Waals surface area contributed by atoms with Gasteiger partial charge >= 0.3 is 0 Å². The normalized spacial score (nSPS) is 11.4. The molecule has 0 saturated heterocycles. The molecule has 2 aromatic carbocycles. The Labute approximate surface area is 122 Å². The van der Waals surface area contributed by atoms with E-state index in [0.717, 1.165) is 0 Å². The van der Waals surface area contributed by atoms with E-state index in [1.807, 2.05) is 12.1 Å². The minimum absolute atomic E-state index is 0.105. The van der Waals surface area contributed by atoms with Crippen LogP contribution in [-0.2, 0) is 0 Å². The Hall–Kier alpha value is -2.31. The van der Waals surface area contributed by atoms with Crippen LogP contribution in [0.4, 0.5) is 0 Å². The molecule has 100 valence electrons. The molecule has 0 aliphatic rings. The molecule has 0 N–H and O–H groups in total. The van der Waals surface area contributed by atoms with Gasteiger partial charge in [0.2, 0.25) is 5.78 Å². The summed E-state index contributed by atoms with van der Waals surface area (Å²) in [6.45, 7) is 1.68. The Morgan fingerprint density at radius 2 is 1.95 bits per heavy atom. The zero-order valence-electron chi connectivity index (χ0n) is 10.8. The molecule has 0 bridgehead atoms. The highest BCUT2D eigenvalue weighted by Gasteiger charge is 2.16. The van der Waals surface area contributed by atoms with Crippen LogP contribution in [-0.4, -0.2) is 11.9 Å². The largest absolute Gasteiger partial charge is 0.483 e. The number of halogens is 1. The van der Waals surface area contributed by atoms with Crippen LogP contribution >= 0.6 is 11.6 Å². The maximum atomic E-state index is 12.1. The van der Waals surface area contributed by atoms with Crippen molar-refractivity contribution in [3.05, 3.63) is 64.7 Å². The summed E-state index contributed by atoms with van der Waals surface area (Å²) in [5, 5.41) is 9.11. The summed E-state index contributed by atoms with van der Waals surface area (Å²) in [6, 6.07) is 15.6. The molecule has 0 amide bonds. The monoisotopic (exact) mass is 285 g/mol. The number of nitriles is 1. The van der Waals surface area contributed by atoms with Crippen LogP contribution in [0, 0.1) is 11.3 Å². The van der Waals surface area contributed by atoms with Gasteiger partial charge in [-0.1, -0.05) is 41.9 Å². The highest BCUT2D eigenvalue weighted by atomic mass is 35.5. The van der Waals surface area contributed by atoms with E-state index in [9.17, 15) is 4.79 Å². The first-order valence-corrected chi connectivity index (χ1v) is 6.45. The van der Waals surface area contributed by atoms with E-state index < -0.39 is 6.10 Å². The van der Waals surface area contributed by atoms with Gasteiger partial charge in [0, 0.05) is 11.6 Å². The van der Waals surface area contributed by atoms with Crippen LogP contribution in [0.25, 0.3) is 0 Å². The van der Waals surface area contributed by atoms with Gasteiger partial charge in [-0.05, 0) is 19.1 Å². The van der Waals surface area contributed by atoms with Crippen molar-refractivity contribution in [2.45, 2.75) is 13.0 Å². The standard InChI is InChI=1S/C16H12ClNO2/c1-11(16(19)12-5-3-2-4-6-12)20-14-8-7-13(10-18)15(17)9-14/h2-9,11H,1H3. The van der Waals surface area contributed by atoms with Gasteiger partial charge in [-0.2, -0.15) is 5.26 Å². The van der Waals surface area contributed by atoms with Crippen molar-refractivity contribution in [3.8, 4) is 11.8 Å². The molecule has 0 aromatic heterocycles. The third kappa shape index (κ3) is 3.17. The number of benzene rings is 2. The number of hydrogen-bond donors (Lipinski definition) is 0. The maximum absolute atomic E-state index is 12.1. The maximum Gasteiger partial charge on any atom is 0.202 e.